The molecule has 0 saturated heterocycles. The molecule has 0 bridgehead atoms. The number of pyridine rings is 1. The zero-order chi connectivity index (χ0) is 22.3. The van der Waals surface area contributed by atoms with Crippen LogP contribution in [0.3, 0.4) is 0 Å². The Morgan fingerprint density at radius 2 is 2.00 bits per heavy atom. The minimum Gasteiger partial charge on any atom is -0.374 e. The fourth-order valence-corrected chi connectivity index (χ4v) is 4.02. The monoisotopic (exact) mass is 427 g/mol. The van der Waals surface area contributed by atoms with Crippen molar-refractivity contribution in [1.29, 1.82) is 0 Å². The highest BCUT2D eigenvalue weighted by Crippen LogP contribution is 2.31. The molecule has 2 N–H and O–H groups in total. The minimum absolute atomic E-state index is 0.00842. The van der Waals surface area contributed by atoms with Crippen molar-refractivity contribution >= 4 is 16.9 Å². The Labute approximate surface area is 186 Å². The van der Waals surface area contributed by atoms with E-state index in [0.29, 0.717) is 18.9 Å². The van der Waals surface area contributed by atoms with Gasteiger partial charge in [-0.1, -0.05) is 39.0 Å². The summed E-state index contributed by atoms with van der Waals surface area (Å²) in [4.78, 5) is 29.1. The van der Waals surface area contributed by atoms with Crippen LogP contribution in [-0.4, -0.2) is 32.4 Å². The first kappa shape index (κ1) is 20.3. The van der Waals surface area contributed by atoms with Crippen molar-refractivity contribution in [2.75, 3.05) is 6.61 Å². The minimum atomic E-state index is -0.234. The number of ether oxygens (including phenoxy) is 1. The van der Waals surface area contributed by atoms with Gasteiger partial charge in [-0.15, -0.1) is 0 Å². The first-order chi connectivity index (χ1) is 15.4. The molecule has 0 fully saturated rings. The number of H-pyrrole nitrogens is 1. The Kier molecular flexibility index (Phi) is 4.98. The van der Waals surface area contributed by atoms with Crippen molar-refractivity contribution in [2.45, 2.75) is 38.8 Å². The molecule has 1 aliphatic rings. The number of hydrogen-bond acceptors (Lipinski definition) is 5. The van der Waals surface area contributed by atoms with Gasteiger partial charge in [0.2, 0.25) is 0 Å². The fraction of sp³-hybridized carbons (Fsp3) is 0.280. The number of aromatic nitrogens is 4. The van der Waals surface area contributed by atoms with Gasteiger partial charge in [0.15, 0.2) is 0 Å². The molecule has 7 nitrogen and oxygen atoms in total. The largest absolute Gasteiger partial charge is 0.374 e. The molecule has 0 radical (unpaired) electrons. The second kappa shape index (κ2) is 7.84. The SMILES string of the molecule is CC(C)(C)c1ccc(C(=O)NC2COCc3cc(-c4ncnc5[nH]ccc45)ccc32)nc1. The molecule has 0 saturated carbocycles. The lowest BCUT2D eigenvalue weighted by Crippen LogP contribution is -2.34. The van der Waals surface area contributed by atoms with E-state index in [1.165, 1.54) is 0 Å². The van der Waals surface area contributed by atoms with Gasteiger partial charge >= 0.3 is 0 Å². The van der Waals surface area contributed by atoms with Crippen LogP contribution < -0.4 is 5.32 Å². The summed E-state index contributed by atoms with van der Waals surface area (Å²) in [6.07, 6.45) is 5.19. The predicted molar refractivity (Wildman–Crippen MR) is 122 cm³/mol. The zero-order valence-corrected chi connectivity index (χ0v) is 18.3. The third kappa shape index (κ3) is 3.76. The number of amides is 1. The van der Waals surface area contributed by atoms with E-state index in [4.69, 9.17) is 4.74 Å². The maximum atomic E-state index is 12.8. The number of fused-ring (bicyclic) bond motifs is 2. The molecule has 1 unspecified atom stereocenters. The fourth-order valence-electron chi connectivity index (χ4n) is 4.02. The van der Waals surface area contributed by atoms with E-state index >= 15 is 0 Å². The second-order valence-electron chi connectivity index (χ2n) is 9.10. The first-order valence-electron chi connectivity index (χ1n) is 10.7. The first-order valence-corrected chi connectivity index (χ1v) is 10.7. The molecule has 3 aromatic heterocycles. The molecular weight excluding hydrogens is 402 g/mol. The van der Waals surface area contributed by atoms with Crippen LogP contribution in [0.4, 0.5) is 0 Å². The van der Waals surface area contributed by atoms with Crippen LogP contribution in [0, 0.1) is 0 Å². The molecule has 1 aliphatic heterocycles. The average molecular weight is 428 g/mol. The number of aromatic amines is 1. The molecule has 32 heavy (non-hydrogen) atoms. The van der Waals surface area contributed by atoms with Gasteiger partial charge in [-0.25, -0.2) is 9.97 Å². The van der Waals surface area contributed by atoms with Crippen LogP contribution in [0.15, 0.2) is 55.1 Å². The molecule has 0 spiro atoms. The number of benzene rings is 1. The summed E-state index contributed by atoms with van der Waals surface area (Å²) in [5, 5.41) is 4.05. The lowest BCUT2D eigenvalue weighted by molar-refractivity contribution is 0.0706. The van der Waals surface area contributed by atoms with Crippen molar-refractivity contribution < 1.29 is 9.53 Å². The smallest absolute Gasteiger partial charge is 0.270 e. The van der Waals surface area contributed by atoms with Crippen LogP contribution >= 0.6 is 0 Å². The van der Waals surface area contributed by atoms with E-state index in [1.54, 1.807) is 18.6 Å². The standard InChI is InChI=1S/C25H25N5O2/c1-25(2,3)17-5-7-20(27-11-17)24(31)30-21-13-32-12-16-10-15(4-6-18(16)21)22-19-8-9-26-23(19)29-14-28-22/h4-11,14,21H,12-13H2,1-3H3,(H,30,31)(H,26,28,29). The summed E-state index contributed by atoms with van der Waals surface area (Å²) < 4.78 is 5.80. The predicted octanol–water partition coefficient (Wildman–Crippen LogP) is 4.32. The lowest BCUT2D eigenvalue weighted by atomic mass is 9.88. The van der Waals surface area contributed by atoms with E-state index in [0.717, 1.165) is 39.0 Å². The Bertz CT molecular complexity index is 1290. The van der Waals surface area contributed by atoms with E-state index in [2.05, 4.69) is 58.2 Å². The molecule has 1 amide bonds. The summed E-state index contributed by atoms with van der Waals surface area (Å²) >= 11 is 0. The number of nitrogens with zero attached hydrogens (tertiary/aromatic N) is 3. The van der Waals surface area contributed by atoms with E-state index in [1.807, 2.05) is 24.4 Å². The van der Waals surface area contributed by atoms with Crippen LogP contribution in [0.1, 0.15) is 54.0 Å². The molecule has 7 heteroatoms. The van der Waals surface area contributed by atoms with Gasteiger partial charge in [-0.2, -0.15) is 0 Å². The molecule has 1 atom stereocenters. The third-order valence-electron chi connectivity index (χ3n) is 5.86. The van der Waals surface area contributed by atoms with Crippen molar-refractivity contribution in [3.63, 3.8) is 0 Å². The number of rotatable bonds is 3. The van der Waals surface area contributed by atoms with Gasteiger partial charge in [0.05, 0.1) is 24.9 Å². The van der Waals surface area contributed by atoms with E-state index in [-0.39, 0.29) is 17.4 Å². The highest BCUT2D eigenvalue weighted by Gasteiger charge is 2.24. The topological polar surface area (TPSA) is 92.8 Å². The summed E-state index contributed by atoms with van der Waals surface area (Å²) in [6, 6.07) is 11.6. The van der Waals surface area contributed by atoms with Gasteiger partial charge in [-0.05, 0) is 40.3 Å². The summed E-state index contributed by atoms with van der Waals surface area (Å²) in [5.74, 6) is -0.208. The van der Waals surface area contributed by atoms with Crippen molar-refractivity contribution in [3.05, 3.63) is 77.5 Å². The molecule has 5 rings (SSSR count). The maximum absolute atomic E-state index is 12.8. The van der Waals surface area contributed by atoms with E-state index in [9.17, 15) is 4.79 Å². The number of hydrogen-bond donors (Lipinski definition) is 2. The third-order valence-corrected chi connectivity index (χ3v) is 5.86. The van der Waals surface area contributed by atoms with Crippen molar-refractivity contribution in [3.8, 4) is 11.3 Å². The molecular formula is C25H25N5O2. The molecule has 1 aromatic carbocycles. The Morgan fingerprint density at radius 1 is 1.12 bits per heavy atom. The van der Waals surface area contributed by atoms with Crippen molar-refractivity contribution in [1.82, 2.24) is 25.3 Å². The van der Waals surface area contributed by atoms with Gasteiger partial charge in [0.25, 0.3) is 5.91 Å². The average Bonchev–Trinajstić information content (AvgIpc) is 3.27. The molecule has 4 heterocycles. The summed E-state index contributed by atoms with van der Waals surface area (Å²) in [5.41, 5.74) is 6.24. The number of carbonyl (C=O) groups excluding carboxylic acids is 1. The maximum Gasteiger partial charge on any atom is 0.270 e. The van der Waals surface area contributed by atoms with Crippen LogP contribution in [0.2, 0.25) is 0 Å². The van der Waals surface area contributed by atoms with Crippen molar-refractivity contribution in [2.24, 2.45) is 0 Å². The highest BCUT2D eigenvalue weighted by molar-refractivity contribution is 5.93. The van der Waals surface area contributed by atoms with Crippen LogP contribution in [0.5, 0.6) is 0 Å². The van der Waals surface area contributed by atoms with Gasteiger partial charge < -0.3 is 15.0 Å². The quantitative estimate of drug-likeness (QED) is 0.508. The zero-order valence-electron chi connectivity index (χ0n) is 18.3. The molecule has 162 valence electrons. The van der Waals surface area contributed by atoms with Gasteiger partial charge in [-0.3, -0.25) is 9.78 Å². The number of carbonyl (C=O) groups is 1. The summed E-state index contributed by atoms with van der Waals surface area (Å²) in [7, 11) is 0. The molecule has 0 aliphatic carbocycles. The van der Waals surface area contributed by atoms with Crippen LogP contribution in [-0.2, 0) is 16.8 Å². The summed E-state index contributed by atoms with van der Waals surface area (Å²) in [6.45, 7) is 7.29. The Morgan fingerprint density at radius 3 is 2.78 bits per heavy atom. The Hall–Kier alpha value is -3.58. The second-order valence-corrected chi connectivity index (χ2v) is 9.10. The van der Waals surface area contributed by atoms with E-state index < -0.39 is 0 Å². The highest BCUT2D eigenvalue weighted by atomic mass is 16.5. The van der Waals surface area contributed by atoms with Crippen LogP contribution in [0.25, 0.3) is 22.3 Å². The molecule has 4 aromatic rings. The Balaban J connectivity index is 1.39. The van der Waals surface area contributed by atoms with Gasteiger partial charge in [0, 0.05) is 23.3 Å². The van der Waals surface area contributed by atoms with Gasteiger partial charge in [0.1, 0.15) is 17.7 Å². The normalized spacial score (nSPS) is 16.0. The number of nitrogens with one attached hydrogen (secondary N) is 2. The lowest BCUT2D eigenvalue weighted by Gasteiger charge is -2.27.